The van der Waals surface area contributed by atoms with Crippen molar-refractivity contribution in [1.82, 2.24) is 5.32 Å². The van der Waals surface area contributed by atoms with Crippen molar-refractivity contribution in [2.45, 2.75) is 39.0 Å². The number of nitrogens with two attached hydrogens (primary N) is 1. The quantitative estimate of drug-likeness (QED) is 0.770. The molecule has 1 aromatic rings. The summed E-state index contributed by atoms with van der Waals surface area (Å²) >= 11 is 0. The number of alkyl halides is 2. The van der Waals surface area contributed by atoms with Crippen LogP contribution in [0.3, 0.4) is 0 Å². The number of amides is 1. The first-order chi connectivity index (χ1) is 9.75. The van der Waals surface area contributed by atoms with Gasteiger partial charge in [0.05, 0.1) is 7.11 Å². The summed E-state index contributed by atoms with van der Waals surface area (Å²) in [6.07, 6.45) is 0.127. The molecule has 0 aliphatic carbocycles. The lowest BCUT2D eigenvalue weighted by molar-refractivity contribution is -0.119. The second kappa shape index (κ2) is 7.21. The minimum atomic E-state index is -2.95. The predicted octanol–water partition coefficient (Wildman–Crippen LogP) is 2.04. The molecule has 118 valence electrons. The monoisotopic (exact) mass is 302 g/mol. The third-order valence-corrected chi connectivity index (χ3v) is 2.86. The van der Waals surface area contributed by atoms with E-state index in [0.29, 0.717) is 5.56 Å². The Morgan fingerprint density at radius 3 is 2.62 bits per heavy atom. The second-order valence-corrected chi connectivity index (χ2v) is 5.21. The molecule has 0 unspecified atom stereocenters. The summed E-state index contributed by atoms with van der Waals surface area (Å²) in [7, 11) is 1.38. The summed E-state index contributed by atoms with van der Waals surface area (Å²) in [5, 5.41) is 3.09. The van der Waals surface area contributed by atoms with Gasteiger partial charge in [0, 0.05) is 24.1 Å². The summed E-state index contributed by atoms with van der Waals surface area (Å²) in [6, 6.07) is 4.86. The van der Waals surface area contributed by atoms with Gasteiger partial charge in [-0.05, 0) is 19.9 Å². The van der Waals surface area contributed by atoms with E-state index in [1.807, 2.05) is 0 Å². The van der Waals surface area contributed by atoms with Crippen LogP contribution in [0.15, 0.2) is 18.2 Å². The Hall–Kier alpha value is -1.89. The van der Waals surface area contributed by atoms with E-state index in [2.05, 4.69) is 10.1 Å². The molecule has 0 fully saturated rings. The van der Waals surface area contributed by atoms with Gasteiger partial charge in [-0.1, -0.05) is 12.1 Å². The van der Waals surface area contributed by atoms with E-state index in [4.69, 9.17) is 10.5 Å². The molecule has 1 amide bonds. The molecule has 21 heavy (non-hydrogen) atoms. The van der Waals surface area contributed by atoms with E-state index in [0.717, 1.165) is 0 Å². The van der Waals surface area contributed by atoms with Crippen molar-refractivity contribution in [1.29, 1.82) is 0 Å². The molecule has 3 N–H and O–H groups in total. The molecule has 7 heteroatoms. The molecule has 0 saturated heterocycles. The van der Waals surface area contributed by atoms with Crippen LogP contribution in [0.5, 0.6) is 11.5 Å². The van der Waals surface area contributed by atoms with Gasteiger partial charge in [0.25, 0.3) is 0 Å². The molecule has 1 rings (SSSR count). The summed E-state index contributed by atoms with van der Waals surface area (Å²) in [4.78, 5) is 11.0. The number of primary amides is 1. The molecule has 0 saturated carbocycles. The number of para-hydroxylation sites is 1. The molecule has 0 aliphatic rings. The summed E-state index contributed by atoms with van der Waals surface area (Å²) < 4.78 is 34.6. The van der Waals surface area contributed by atoms with E-state index >= 15 is 0 Å². The Morgan fingerprint density at radius 2 is 2.10 bits per heavy atom. The van der Waals surface area contributed by atoms with Gasteiger partial charge >= 0.3 is 6.61 Å². The molecule has 1 aromatic carbocycles. The number of hydrogen-bond donors (Lipinski definition) is 2. The zero-order valence-corrected chi connectivity index (χ0v) is 12.3. The Bertz CT molecular complexity index is 493. The molecule has 0 aliphatic heterocycles. The highest BCUT2D eigenvalue weighted by Crippen LogP contribution is 2.32. The predicted molar refractivity (Wildman–Crippen MR) is 74.4 cm³/mol. The zero-order chi connectivity index (χ0) is 16.0. The lowest BCUT2D eigenvalue weighted by Crippen LogP contribution is -2.42. The van der Waals surface area contributed by atoms with E-state index in [-0.39, 0.29) is 24.5 Å². The van der Waals surface area contributed by atoms with E-state index in [1.165, 1.54) is 13.2 Å². The Kier molecular flexibility index (Phi) is 5.90. The highest BCUT2D eigenvalue weighted by atomic mass is 19.3. The number of nitrogens with one attached hydrogen (secondary N) is 1. The van der Waals surface area contributed by atoms with E-state index < -0.39 is 18.1 Å². The molecule has 0 atom stereocenters. The number of benzene rings is 1. The Morgan fingerprint density at radius 1 is 1.43 bits per heavy atom. The fraction of sp³-hybridized carbons (Fsp3) is 0.500. The van der Waals surface area contributed by atoms with Gasteiger partial charge in [-0.15, -0.1) is 0 Å². The van der Waals surface area contributed by atoms with Gasteiger partial charge in [-0.2, -0.15) is 8.78 Å². The maximum Gasteiger partial charge on any atom is 0.387 e. The first-order valence-electron chi connectivity index (χ1n) is 6.39. The largest absolute Gasteiger partial charge is 0.493 e. The number of carbonyl (C=O) groups excluding carboxylic acids is 1. The molecule has 0 spiro atoms. The van der Waals surface area contributed by atoms with Crippen LogP contribution in [0.4, 0.5) is 8.78 Å². The lowest BCUT2D eigenvalue weighted by atomic mass is 9.99. The molecular weight excluding hydrogens is 282 g/mol. The highest BCUT2D eigenvalue weighted by Gasteiger charge is 2.22. The van der Waals surface area contributed by atoms with Gasteiger partial charge < -0.3 is 20.5 Å². The number of ether oxygens (including phenoxy) is 2. The fourth-order valence-corrected chi connectivity index (χ4v) is 1.92. The minimum absolute atomic E-state index is 0.0163. The molecule has 0 radical (unpaired) electrons. The molecule has 0 heterocycles. The Labute approximate surface area is 122 Å². The van der Waals surface area contributed by atoms with Crippen molar-refractivity contribution < 1.29 is 23.0 Å². The maximum absolute atomic E-state index is 12.5. The van der Waals surface area contributed by atoms with Crippen molar-refractivity contribution in [2.24, 2.45) is 5.73 Å². The summed E-state index contributed by atoms with van der Waals surface area (Å²) in [5.74, 6) is -0.234. The van der Waals surface area contributed by atoms with Crippen LogP contribution in [0.25, 0.3) is 0 Å². The van der Waals surface area contributed by atoms with Crippen LogP contribution in [-0.4, -0.2) is 25.2 Å². The van der Waals surface area contributed by atoms with Crippen molar-refractivity contribution in [3.8, 4) is 11.5 Å². The minimum Gasteiger partial charge on any atom is -0.493 e. The van der Waals surface area contributed by atoms with E-state index in [1.54, 1.807) is 26.0 Å². The Balaban J connectivity index is 2.89. The molecule has 5 nitrogen and oxygen atoms in total. The van der Waals surface area contributed by atoms with Crippen LogP contribution in [0, 0.1) is 0 Å². The first kappa shape index (κ1) is 17.2. The number of halogens is 2. The third kappa shape index (κ3) is 5.55. The number of rotatable bonds is 8. The van der Waals surface area contributed by atoms with Crippen molar-refractivity contribution in [2.75, 3.05) is 7.11 Å². The average molecular weight is 302 g/mol. The van der Waals surface area contributed by atoms with Gasteiger partial charge in [-0.25, -0.2) is 0 Å². The third-order valence-electron chi connectivity index (χ3n) is 2.86. The summed E-state index contributed by atoms with van der Waals surface area (Å²) in [5.41, 5.74) is 5.11. The van der Waals surface area contributed by atoms with Crippen LogP contribution < -0.4 is 20.5 Å². The average Bonchev–Trinajstić information content (AvgIpc) is 2.35. The van der Waals surface area contributed by atoms with E-state index in [9.17, 15) is 13.6 Å². The van der Waals surface area contributed by atoms with Crippen LogP contribution >= 0.6 is 0 Å². The van der Waals surface area contributed by atoms with Gasteiger partial charge in [-0.3, -0.25) is 4.79 Å². The van der Waals surface area contributed by atoms with Crippen molar-refractivity contribution >= 4 is 5.91 Å². The SMILES string of the molecule is COc1cccc(CNC(C)(C)CC(N)=O)c1OC(F)F. The fourth-order valence-electron chi connectivity index (χ4n) is 1.92. The zero-order valence-electron chi connectivity index (χ0n) is 12.3. The maximum atomic E-state index is 12.5. The lowest BCUT2D eigenvalue weighted by Gasteiger charge is -2.25. The van der Waals surface area contributed by atoms with Gasteiger partial charge in [0.1, 0.15) is 0 Å². The molecule has 0 bridgehead atoms. The normalized spacial score (nSPS) is 11.5. The van der Waals surface area contributed by atoms with Crippen molar-refractivity contribution in [3.05, 3.63) is 23.8 Å². The topological polar surface area (TPSA) is 73.6 Å². The van der Waals surface area contributed by atoms with Crippen LogP contribution in [0.1, 0.15) is 25.8 Å². The summed E-state index contributed by atoms with van der Waals surface area (Å²) in [6.45, 7) is 0.884. The smallest absolute Gasteiger partial charge is 0.387 e. The molecular formula is C14H20F2N2O3. The second-order valence-electron chi connectivity index (χ2n) is 5.21. The van der Waals surface area contributed by atoms with Crippen LogP contribution in [-0.2, 0) is 11.3 Å². The highest BCUT2D eigenvalue weighted by molar-refractivity contribution is 5.75. The number of methoxy groups -OCH3 is 1. The van der Waals surface area contributed by atoms with Gasteiger partial charge in [0.15, 0.2) is 11.5 Å². The first-order valence-corrected chi connectivity index (χ1v) is 6.39. The number of hydrogen-bond acceptors (Lipinski definition) is 4. The number of carbonyl (C=O) groups is 1. The van der Waals surface area contributed by atoms with Crippen LogP contribution in [0.2, 0.25) is 0 Å². The standard InChI is InChI=1S/C14H20F2N2O3/c1-14(2,7-11(17)19)18-8-9-5-4-6-10(20-3)12(9)21-13(15)16/h4-6,13,18H,7-8H2,1-3H3,(H2,17,19). The van der Waals surface area contributed by atoms with Crippen molar-refractivity contribution in [3.63, 3.8) is 0 Å². The van der Waals surface area contributed by atoms with Gasteiger partial charge in [0.2, 0.25) is 5.91 Å². The molecule has 0 aromatic heterocycles.